The van der Waals surface area contributed by atoms with Crippen molar-refractivity contribution in [3.8, 4) is 11.5 Å². The number of aliphatic hydroxyl groups excluding tert-OH is 1. The molecule has 5 aliphatic rings. The van der Waals surface area contributed by atoms with E-state index in [1.807, 2.05) is 0 Å². The Hall–Kier alpha value is -3.41. The van der Waals surface area contributed by atoms with Crippen molar-refractivity contribution < 1.29 is 34.0 Å². The number of phenols is 1. The first-order valence-electron chi connectivity index (χ1n) is 13.3. The molecule has 3 aliphatic carbocycles. The second-order valence-electron chi connectivity index (χ2n) is 11.3. The molecule has 6 rings (SSSR count). The molecule has 11 nitrogen and oxygen atoms in total. The second-order valence-corrected chi connectivity index (χ2v) is 11.3. The number of Topliss-reactive ketones (excluding diaryl/α,β-unsaturated/α-hetero) is 1. The van der Waals surface area contributed by atoms with Crippen LogP contribution in [0.1, 0.15) is 40.7 Å². The summed E-state index contributed by atoms with van der Waals surface area (Å²) in [7, 11) is 5.07. The number of hydrogen-bond acceptors (Lipinski definition) is 9. The number of benzene rings is 1. The number of likely N-dealkylation sites (N-methyl/N-ethyl adjacent to an activating group) is 1. The highest BCUT2D eigenvalue weighted by Gasteiger charge is 2.63. The highest BCUT2D eigenvalue weighted by atomic mass is 16.7. The van der Waals surface area contributed by atoms with E-state index in [9.17, 15) is 25.2 Å². The van der Waals surface area contributed by atoms with Gasteiger partial charge in [0.1, 0.15) is 28.6 Å². The van der Waals surface area contributed by atoms with E-state index >= 15 is 0 Å². The van der Waals surface area contributed by atoms with Crippen molar-refractivity contribution in [1.29, 1.82) is 0 Å². The lowest BCUT2D eigenvalue weighted by molar-refractivity contribution is -0.114. The number of amides is 1. The Morgan fingerprint density at radius 2 is 2.03 bits per heavy atom. The van der Waals surface area contributed by atoms with Crippen molar-refractivity contribution >= 4 is 17.4 Å². The van der Waals surface area contributed by atoms with E-state index in [-0.39, 0.29) is 41.1 Å². The van der Waals surface area contributed by atoms with Crippen LogP contribution in [-0.2, 0) is 27.2 Å². The molecule has 0 unspecified atom stereocenters. The number of carbonyl (C=O) groups is 2. The van der Waals surface area contributed by atoms with Crippen LogP contribution in [0.5, 0.6) is 11.5 Å². The van der Waals surface area contributed by atoms with Crippen molar-refractivity contribution in [3.05, 3.63) is 50.8 Å². The molecule has 1 aromatic rings. The maximum atomic E-state index is 14.1. The molecule has 0 radical (unpaired) electrons. The Balaban J connectivity index is 1.52. The summed E-state index contributed by atoms with van der Waals surface area (Å²) in [6, 6.07) is 0.861. The predicted molar refractivity (Wildman–Crippen MR) is 140 cm³/mol. The summed E-state index contributed by atoms with van der Waals surface area (Å²) in [5, 5.41) is 33.6. The van der Waals surface area contributed by atoms with E-state index in [1.54, 1.807) is 32.2 Å². The normalized spacial score (nSPS) is 30.2. The minimum Gasteiger partial charge on any atom is -0.804 e. The van der Waals surface area contributed by atoms with Gasteiger partial charge in [-0.1, -0.05) is 0 Å². The van der Waals surface area contributed by atoms with Gasteiger partial charge in [-0.25, -0.2) is 0 Å². The molecule has 208 valence electrons. The highest BCUT2D eigenvalue weighted by molar-refractivity contribution is 6.28. The minimum absolute atomic E-state index is 0.106. The third-order valence-electron chi connectivity index (χ3n) is 9.00. The van der Waals surface area contributed by atoms with E-state index in [0.29, 0.717) is 30.7 Å². The van der Waals surface area contributed by atoms with Crippen LogP contribution >= 0.6 is 0 Å². The largest absolute Gasteiger partial charge is 0.804 e. The lowest BCUT2D eigenvalue weighted by atomic mass is 9.58. The zero-order valence-electron chi connectivity index (χ0n) is 22.3. The molecule has 0 aromatic heterocycles. The van der Waals surface area contributed by atoms with E-state index in [4.69, 9.17) is 19.9 Å². The van der Waals surface area contributed by atoms with Crippen LogP contribution in [0.4, 0.5) is 0 Å². The highest BCUT2D eigenvalue weighted by Crippen LogP contribution is 2.57. The smallest absolute Gasteiger partial charge is 0.250 e. The average molecular weight is 538 g/mol. The molecule has 2 fully saturated rings. The topological polar surface area (TPSA) is 157 Å². The fourth-order valence-electron chi connectivity index (χ4n) is 7.50. The van der Waals surface area contributed by atoms with Gasteiger partial charge in [-0.2, -0.15) is 0 Å². The molecule has 0 saturated carbocycles. The molecule has 2 heterocycles. The number of likely N-dealkylation sites (tertiary alicyclic amines) is 1. The Kier molecular flexibility index (Phi) is 6.01. The predicted octanol–water partition coefficient (Wildman–Crippen LogP) is 1.62. The Morgan fingerprint density at radius 3 is 2.67 bits per heavy atom. The number of fused-ring (bicyclic) bond motifs is 2. The number of allylic oxidation sites excluding steroid dienone is 1. The molecule has 1 aromatic carbocycles. The maximum absolute atomic E-state index is 14.1. The third kappa shape index (κ3) is 3.49. The van der Waals surface area contributed by atoms with Gasteiger partial charge in [0.05, 0.1) is 24.3 Å². The first kappa shape index (κ1) is 25.8. The van der Waals surface area contributed by atoms with Crippen LogP contribution in [-0.4, -0.2) is 90.1 Å². The van der Waals surface area contributed by atoms with Gasteiger partial charge in [-0.15, -0.1) is 5.71 Å². The van der Waals surface area contributed by atoms with E-state index in [2.05, 4.69) is 4.90 Å². The third-order valence-corrected chi connectivity index (χ3v) is 9.00. The van der Waals surface area contributed by atoms with Gasteiger partial charge in [-0.05, 0) is 64.9 Å². The lowest BCUT2D eigenvalue weighted by Gasteiger charge is -2.54. The number of aliphatic hydroxyl groups is 1. The summed E-state index contributed by atoms with van der Waals surface area (Å²) >= 11 is 0. The van der Waals surface area contributed by atoms with Gasteiger partial charge in [0.2, 0.25) is 0 Å². The monoisotopic (exact) mass is 537 g/mol. The van der Waals surface area contributed by atoms with Crippen LogP contribution in [0.15, 0.2) is 28.7 Å². The Labute approximate surface area is 226 Å². The molecule has 1 amide bonds. The maximum Gasteiger partial charge on any atom is 0.250 e. The number of ether oxygens (including phenoxy) is 3. The van der Waals surface area contributed by atoms with Crippen LogP contribution in [0.3, 0.4) is 0 Å². The second kappa shape index (κ2) is 9.07. The molecule has 2 aliphatic heterocycles. The van der Waals surface area contributed by atoms with E-state index < -0.39 is 40.5 Å². The van der Waals surface area contributed by atoms with Crippen LogP contribution in [0.2, 0.25) is 0 Å². The zero-order chi connectivity index (χ0) is 27.8. The molecule has 2 saturated heterocycles. The van der Waals surface area contributed by atoms with Crippen molar-refractivity contribution in [2.24, 2.45) is 17.6 Å². The number of aromatic hydroxyl groups is 1. The standard InChI is InChI=1S/C28H33N4O7/c1-31(2)21-16-9-13-8-15-19(17(33)10-14(24(15)37-3)11-32-6-4-5-7-32)22(34)18(13)26-28(16,39-12-38-26)25(29)20(23(21)35)27(30)36/h10,13,16,21,33,35H,4-9,11-12H2,1-3H3,(H2,30,36)/q-1/t13-,16-,21-,28+/m0/s1. The van der Waals surface area contributed by atoms with Crippen molar-refractivity contribution in [2.45, 2.75) is 43.9 Å². The van der Waals surface area contributed by atoms with Gasteiger partial charge < -0.3 is 35.6 Å². The fourth-order valence-corrected chi connectivity index (χ4v) is 7.50. The summed E-state index contributed by atoms with van der Waals surface area (Å²) in [5.74, 6) is -2.19. The van der Waals surface area contributed by atoms with Gasteiger partial charge in [-0.3, -0.25) is 19.4 Å². The zero-order valence-corrected chi connectivity index (χ0v) is 22.3. The fraction of sp³-hybridized carbons (Fsp3) is 0.536. The summed E-state index contributed by atoms with van der Waals surface area (Å²) in [5.41, 5.74) is 4.81. The van der Waals surface area contributed by atoms with E-state index in [1.165, 1.54) is 0 Å². The van der Waals surface area contributed by atoms with Crippen molar-refractivity contribution in [1.82, 2.24) is 9.80 Å². The molecule has 0 bridgehead atoms. The van der Waals surface area contributed by atoms with Crippen LogP contribution < -0.4 is 10.5 Å². The van der Waals surface area contributed by atoms with Crippen molar-refractivity contribution in [2.75, 3.05) is 41.1 Å². The van der Waals surface area contributed by atoms with E-state index in [0.717, 1.165) is 31.5 Å². The molecule has 11 heteroatoms. The quantitative estimate of drug-likeness (QED) is 0.508. The average Bonchev–Trinajstić information content (AvgIpc) is 3.54. The number of carbonyl (C=O) groups excluding carboxylic acids is 2. The lowest BCUT2D eigenvalue weighted by Crippen LogP contribution is -2.63. The number of phenolic OH excluding ortho intramolecular Hbond substituents is 1. The summed E-state index contributed by atoms with van der Waals surface area (Å²) in [4.78, 5) is 30.5. The summed E-state index contributed by atoms with van der Waals surface area (Å²) in [6.45, 7) is 2.29. The van der Waals surface area contributed by atoms with Gasteiger partial charge in [0, 0.05) is 29.2 Å². The molecular formula is C28H33N4O7-. The minimum atomic E-state index is -1.67. The van der Waals surface area contributed by atoms with Gasteiger partial charge in [0.25, 0.3) is 5.91 Å². The Morgan fingerprint density at radius 1 is 1.31 bits per heavy atom. The number of ketones is 1. The first-order valence-corrected chi connectivity index (χ1v) is 13.3. The first-order chi connectivity index (χ1) is 18.6. The van der Waals surface area contributed by atoms with Crippen LogP contribution in [0, 0.1) is 11.8 Å². The number of nitrogens with two attached hydrogens (primary N) is 1. The molecule has 4 N–H and O–H groups in total. The summed E-state index contributed by atoms with van der Waals surface area (Å²) < 4.78 is 17.8. The van der Waals surface area contributed by atoms with Gasteiger partial charge in [0.15, 0.2) is 12.6 Å². The SMILES string of the molecule is COc1c(CN2CCCC2)cc(O)c2c1C[C@H]1C[C@H]3[C@H](N(C)C)C(O)=C(C(N)=O)C(=[N-])[C@]34OCOC4=C1C2=O. The van der Waals surface area contributed by atoms with Crippen LogP contribution in [0.25, 0.3) is 5.41 Å². The van der Waals surface area contributed by atoms with Gasteiger partial charge >= 0.3 is 0 Å². The number of methoxy groups -OCH3 is 1. The number of primary amides is 1. The van der Waals surface area contributed by atoms with Crippen molar-refractivity contribution in [3.63, 3.8) is 0 Å². The summed E-state index contributed by atoms with van der Waals surface area (Å²) in [6.07, 6.45) is 2.96. The number of rotatable bonds is 5. The molecule has 1 spiro atoms. The molecular weight excluding hydrogens is 504 g/mol. The number of hydrogen-bond donors (Lipinski definition) is 3. The Bertz CT molecular complexity index is 1360. The molecule has 39 heavy (non-hydrogen) atoms. The molecule has 4 atom stereocenters. The number of nitrogens with zero attached hydrogens (tertiary/aromatic N) is 3.